The number of pyridine rings is 1. The van der Waals surface area contributed by atoms with Gasteiger partial charge < -0.3 is 4.90 Å². The fourth-order valence-corrected chi connectivity index (χ4v) is 4.94. The van der Waals surface area contributed by atoms with Gasteiger partial charge in [0.1, 0.15) is 5.82 Å². The molecule has 158 valence electrons. The number of sulfonamides is 1. The Balaban J connectivity index is 1.46. The maximum atomic E-state index is 12.8. The summed E-state index contributed by atoms with van der Waals surface area (Å²) in [6.07, 6.45) is 3.45. The molecule has 0 aliphatic carbocycles. The Morgan fingerprint density at radius 2 is 1.97 bits per heavy atom. The minimum absolute atomic E-state index is 0.0298. The molecule has 3 heterocycles. The van der Waals surface area contributed by atoms with Gasteiger partial charge in [-0.3, -0.25) is 9.20 Å². The van der Waals surface area contributed by atoms with Crippen LogP contribution in [0.4, 0.5) is 5.69 Å². The number of nitrogens with one attached hydrogen (secondary N) is 1. The first-order valence-corrected chi connectivity index (χ1v) is 11.4. The van der Waals surface area contributed by atoms with Crippen molar-refractivity contribution in [1.82, 2.24) is 19.3 Å². The Hall–Kier alpha value is -2.78. The normalized spacial score (nSPS) is 16.1. The molecular weight excluding hydrogens is 402 g/mol. The zero-order valence-corrected chi connectivity index (χ0v) is 18.1. The van der Waals surface area contributed by atoms with Crippen LogP contribution in [0.1, 0.15) is 38.1 Å². The highest BCUT2D eigenvalue weighted by Gasteiger charge is 2.36. The first-order chi connectivity index (χ1) is 14.2. The molecule has 3 aromatic rings. The van der Waals surface area contributed by atoms with E-state index in [0.29, 0.717) is 25.8 Å². The lowest BCUT2D eigenvalue weighted by atomic mass is 9.77. The fourth-order valence-electron chi connectivity index (χ4n) is 3.84. The number of rotatable bonds is 6. The van der Waals surface area contributed by atoms with Gasteiger partial charge in [0.25, 0.3) is 0 Å². The van der Waals surface area contributed by atoms with Crippen LogP contribution in [0.15, 0.2) is 47.5 Å². The van der Waals surface area contributed by atoms with Gasteiger partial charge in [-0.1, -0.05) is 19.9 Å². The molecule has 0 unspecified atom stereocenters. The number of fused-ring (bicyclic) bond motifs is 2. The summed E-state index contributed by atoms with van der Waals surface area (Å²) in [6.45, 7) is 4.22. The fraction of sp³-hybridized carbons (Fsp3) is 0.381. The van der Waals surface area contributed by atoms with Crippen molar-refractivity contribution < 1.29 is 13.2 Å². The van der Waals surface area contributed by atoms with Crippen molar-refractivity contribution in [2.45, 2.75) is 43.4 Å². The number of benzene rings is 1. The van der Waals surface area contributed by atoms with Crippen LogP contribution < -0.4 is 9.62 Å². The summed E-state index contributed by atoms with van der Waals surface area (Å²) in [5, 5.41) is 8.27. The van der Waals surface area contributed by atoms with E-state index in [9.17, 15) is 13.2 Å². The first-order valence-electron chi connectivity index (χ1n) is 9.88. The van der Waals surface area contributed by atoms with Gasteiger partial charge in [-0.15, -0.1) is 10.2 Å². The smallest absolute Gasteiger partial charge is 0.240 e. The lowest BCUT2D eigenvalue weighted by Gasteiger charge is -2.37. The molecule has 1 amide bonds. The summed E-state index contributed by atoms with van der Waals surface area (Å²) >= 11 is 0. The van der Waals surface area contributed by atoms with Crippen LogP contribution in [0.5, 0.6) is 0 Å². The van der Waals surface area contributed by atoms with E-state index in [1.54, 1.807) is 30.1 Å². The third-order valence-corrected chi connectivity index (χ3v) is 7.05. The van der Waals surface area contributed by atoms with Crippen LogP contribution in [-0.2, 0) is 26.7 Å². The van der Waals surface area contributed by atoms with Crippen molar-refractivity contribution >= 4 is 27.3 Å². The van der Waals surface area contributed by atoms with Crippen molar-refractivity contribution in [1.29, 1.82) is 0 Å². The number of anilines is 1. The molecule has 0 saturated carbocycles. The molecule has 0 atom stereocenters. The van der Waals surface area contributed by atoms with Crippen LogP contribution in [-0.4, -0.2) is 42.5 Å². The topological polar surface area (TPSA) is 96.7 Å². The third-order valence-electron chi connectivity index (χ3n) is 5.59. The minimum Gasteiger partial charge on any atom is -0.315 e. The Morgan fingerprint density at radius 3 is 2.77 bits per heavy atom. The lowest BCUT2D eigenvalue weighted by molar-refractivity contribution is -0.119. The highest BCUT2D eigenvalue weighted by molar-refractivity contribution is 7.89. The van der Waals surface area contributed by atoms with E-state index in [1.165, 1.54) is 0 Å². The molecule has 0 saturated heterocycles. The molecular formula is C21H25N5O3S. The molecule has 2 aromatic heterocycles. The van der Waals surface area contributed by atoms with Gasteiger partial charge in [0.15, 0.2) is 5.65 Å². The largest absolute Gasteiger partial charge is 0.315 e. The number of aryl methyl sites for hydroxylation is 1. The number of hydrogen-bond acceptors (Lipinski definition) is 5. The number of nitrogens with zero attached hydrogens (tertiary/aromatic N) is 4. The highest BCUT2D eigenvalue weighted by Crippen LogP contribution is 2.40. The average Bonchev–Trinajstić information content (AvgIpc) is 3.12. The quantitative estimate of drug-likeness (QED) is 0.609. The number of aromatic nitrogens is 3. The van der Waals surface area contributed by atoms with Gasteiger partial charge in [0.05, 0.1) is 4.90 Å². The van der Waals surface area contributed by atoms with E-state index in [0.717, 1.165) is 22.7 Å². The summed E-state index contributed by atoms with van der Waals surface area (Å²) < 4.78 is 30.2. The predicted octanol–water partition coefficient (Wildman–Crippen LogP) is 2.28. The van der Waals surface area contributed by atoms with E-state index in [1.807, 2.05) is 42.6 Å². The number of carbonyl (C=O) groups is 1. The van der Waals surface area contributed by atoms with Crippen LogP contribution >= 0.6 is 0 Å². The minimum atomic E-state index is -3.65. The van der Waals surface area contributed by atoms with Crippen LogP contribution in [0, 0.1) is 0 Å². The Kier molecular flexibility index (Phi) is 5.11. The summed E-state index contributed by atoms with van der Waals surface area (Å²) in [6, 6.07) is 10.6. The highest BCUT2D eigenvalue weighted by atomic mass is 32.2. The Morgan fingerprint density at radius 1 is 1.17 bits per heavy atom. The Bertz CT molecular complexity index is 1220. The van der Waals surface area contributed by atoms with E-state index in [-0.39, 0.29) is 10.8 Å². The van der Waals surface area contributed by atoms with Crippen LogP contribution in [0.3, 0.4) is 0 Å². The molecule has 1 aromatic carbocycles. The lowest BCUT2D eigenvalue weighted by Crippen LogP contribution is -2.39. The van der Waals surface area contributed by atoms with E-state index >= 15 is 0 Å². The van der Waals surface area contributed by atoms with Gasteiger partial charge >= 0.3 is 0 Å². The molecule has 0 fully saturated rings. The summed E-state index contributed by atoms with van der Waals surface area (Å²) in [5.41, 5.74) is 1.98. The van der Waals surface area contributed by atoms with Crippen molar-refractivity contribution in [3.8, 4) is 0 Å². The van der Waals surface area contributed by atoms with Crippen molar-refractivity contribution in [2.75, 3.05) is 18.5 Å². The van der Waals surface area contributed by atoms with E-state index in [2.05, 4.69) is 14.9 Å². The maximum Gasteiger partial charge on any atom is 0.240 e. The molecule has 0 bridgehead atoms. The zero-order valence-electron chi connectivity index (χ0n) is 17.3. The number of hydrogen-bond donors (Lipinski definition) is 1. The van der Waals surface area contributed by atoms with E-state index in [4.69, 9.17) is 0 Å². The van der Waals surface area contributed by atoms with Gasteiger partial charge in [-0.25, -0.2) is 13.1 Å². The van der Waals surface area contributed by atoms with Crippen LogP contribution in [0.25, 0.3) is 5.65 Å². The summed E-state index contributed by atoms with van der Waals surface area (Å²) in [7, 11) is -1.94. The van der Waals surface area contributed by atoms with E-state index < -0.39 is 15.4 Å². The molecule has 30 heavy (non-hydrogen) atoms. The van der Waals surface area contributed by atoms with Crippen LogP contribution in [0.2, 0.25) is 0 Å². The predicted molar refractivity (Wildman–Crippen MR) is 114 cm³/mol. The molecule has 1 aliphatic rings. The molecule has 8 nitrogen and oxygen atoms in total. The van der Waals surface area contributed by atoms with Gasteiger partial charge in [0, 0.05) is 43.7 Å². The monoisotopic (exact) mass is 427 g/mol. The summed E-state index contributed by atoms with van der Waals surface area (Å²) in [5.74, 6) is 0.829. The molecule has 9 heteroatoms. The average molecular weight is 428 g/mol. The number of carbonyl (C=O) groups excluding carboxylic acids is 1. The second-order valence-corrected chi connectivity index (χ2v) is 10.0. The van der Waals surface area contributed by atoms with Crippen molar-refractivity contribution in [2.24, 2.45) is 0 Å². The maximum absolute atomic E-state index is 12.8. The Labute approximate surface area is 176 Å². The van der Waals surface area contributed by atoms with Crippen molar-refractivity contribution in [3.63, 3.8) is 0 Å². The van der Waals surface area contributed by atoms with Gasteiger partial charge in [-0.2, -0.15) is 0 Å². The molecule has 0 spiro atoms. The molecule has 1 aliphatic heterocycles. The number of amides is 1. The molecule has 1 N–H and O–H groups in total. The van der Waals surface area contributed by atoms with Gasteiger partial charge in [-0.05, 0) is 42.3 Å². The zero-order chi connectivity index (χ0) is 21.5. The van der Waals surface area contributed by atoms with Gasteiger partial charge in [0.2, 0.25) is 15.9 Å². The molecule has 4 rings (SSSR count). The first kappa shape index (κ1) is 20.5. The second kappa shape index (κ2) is 7.48. The summed E-state index contributed by atoms with van der Waals surface area (Å²) in [4.78, 5) is 14.0. The second-order valence-electron chi connectivity index (χ2n) is 8.24. The third kappa shape index (κ3) is 3.70. The SMILES string of the molecule is CN1C(=O)CC(C)(C)c2cc(S(=O)(=O)NCCCc3nnc4ccccn34)ccc21. The molecule has 0 radical (unpaired) electrons. The standard InChI is InChI=1S/C21H25N5O3S/c1-21(2)14-20(27)25(3)17-10-9-15(13-16(17)21)30(28,29)22-11-6-8-19-24-23-18-7-4-5-12-26(18)19/h4-5,7,9-10,12-13,22H,6,8,11,14H2,1-3H3. The van der Waals surface area contributed by atoms with Crippen molar-refractivity contribution in [3.05, 3.63) is 54.0 Å².